The first-order chi connectivity index (χ1) is 9.68. The fourth-order valence-electron chi connectivity index (χ4n) is 2.00. The standard InChI is InChI=1S/C14H10ClFN4/c1-9-18-19-14(10-4-3-7-17-8-10)20(9)12-6-2-5-11(15)13(12)16/h2-8H,1H3. The van der Waals surface area contributed by atoms with E-state index < -0.39 is 5.82 Å². The Morgan fingerprint density at radius 2 is 2.00 bits per heavy atom. The van der Waals surface area contributed by atoms with E-state index in [0.29, 0.717) is 17.3 Å². The average molecular weight is 289 g/mol. The predicted molar refractivity (Wildman–Crippen MR) is 74.3 cm³/mol. The highest BCUT2D eigenvalue weighted by molar-refractivity contribution is 6.30. The second kappa shape index (κ2) is 5.02. The zero-order chi connectivity index (χ0) is 14.1. The largest absolute Gasteiger partial charge is 0.276 e. The summed E-state index contributed by atoms with van der Waals surface area (Å²) in [6, 6.07) is 8.46. The molecular weight excluding hydrogens is 279 g/mol. The highest BCUT2D eigenvalue weighted by Gasteiger charge is 2.17. The number of nitrogens with zero attached hydrogens (tertiary/aromatic N) is 4. The molecule has 20 heavy (non-hydrogen) atoms. The molecule has 0 saturated carbocycles. The maximum Gasteiger partial charge on any atom is 0.170 e. The van der Waals surface area contributed by atoms with E-state index >= 15 is 0 Å². The smallest absolute Gasteiger partial charge is 0.170 e. The van der Waals surface area contributed by atoms with Crippen LogP contribution in [-0.4, -0.2) is 19.7 Å². The van der Waals surface area contributed by atoms with Gasteiger partial charge in [0.1, 0.15) is 5.82 Å². The molecule has 3 rings (SSSR count). The summed E-state index contributed by atoms with van der Waals surface area (Å²) in [6.45, 7) is 1.76. The van der Waals surface area contributed by atoms with Crippen LogP contribution in [0.1, 0.15) is 5.82 Å². The van der Waals surface area contributed by atoms with Crippen LogP contribution in [0.25, 0.3) is 17.1 Å². The summed E-state index contributed by atoms with van der Waals surface area (Å²) in [7, 11) is 0. The molecule has 0 aliphatic rings. The Kier molecular flexibility index (Phi) is 3.20. The molecule has 0 radical (unpaired) electrons. The van der Waals surface area contributed by atoms with E-state index in [1.807, 2.05) is 6.07 Å². The number of pyridine rings is 1. The lowest BCUT2D eigenvalue weighted by Crippen LogP contribution is -2.03. The lowest BCUT2D eigenvalue weighted by molar-refractivity contribution is 0.617. The summed E-state index contributed by atoms with van der Waals surface area (Å²) in [4.78, 5) is 4.04. The van der Waals surface area contributed by atoms with Crippen molar-refractivity contribution in [1.82, 2.24) is 19.7 Å². The third kappa shape index (κ3) is 2.06. The van der Waals surface area contributed by atoms with Crippen molar-refractivity contribution in [3.8, 4) is 17.1 Å². The number of rotatable bonds is 2. The molecule has 0 N–H and O–H groups in total. The highest BCUT2D eigenvalue weighted by atomic mass is 35.5. The molecule has 0 aliphatic heterocycles. The van der Waals surface area contributed by atoms with E-state index in [9.17, 15) is 4.39 Å². The van der Waals surface area contributed by atoms with E-state index in [4.69, 9.17) is 11.6 Å². The van der Waals surface area contributed by atoms with Crippen LogP contribution in [0.15, 0.2) is 42.7 Å². The zero-order valence-electron chi connectivity index (χ0n) is 10.6. The molecule has 100 valence electrons. The topological polar surface area (TPSA) is 43.6 Å². The molecule has 2 heterocycles. The van der Waals surface area contributed by atoms with Gasteiger partial charge in [-0.2, -0.15) is 0 Å². The number of aromatic nitrogens is 4. The van der Waals surface area contributed by atoms with Gasteiger partial charge in [0.15, 0.2) is 11.6 Å². The fraction of sp³-hybridized carbons (Fsp3) is 0.0714. The van der Waals surface area contributed by atoms with Crippen molar-refractivity contribution in [3.63, 3.8) is 0 Å². The summed E-state index contributed by atoms with van der Waals surface area (Å²) < 4.78 is 15.8. The number of aryl methyl sites for hydroxylation is 1. The van der Waals surface area contributed by atoms with Gasteiger partial charge in [-0.05, 0) is 31.2 Å². The molecule has 3 aromatic rings. The van der Waals surface area contributed by atoms with E-state index in [0.717, 1.165) is 5.56 Å². The van der Waals surface area contributed by atoms with Crippen LogP contribution in [0.5, 0.6) is 0 Å². The van der Waals surface area contributed by atoms with Gasteiger partial charge in [-0.15, -0.1) is 10.2 Å². The first kappa shape index (κ1) is 12.7. The summed E-state index contributed by atoms with van der Waals surface area (Å²) in [5, 5.41) is 8.17. The van der Waals surface area contributed by atoms with Gasteiger partial charge in [0.2, 0.25) is 0 Å². The second-order valence-electron chi connectivity index (χ2n) is 4.22. The third-order valence-corrected chi connectivity index (χ3v) is 3.21. The Balaban J connectivity index is 2.25. The van der Waals surface area contributed by atoms with Crippen molar-refractivity contribution < 1.29 is 4.39 Å². The molecule has 4 nitrogen and oxygen atoms in total. The van der Waals surface area contributed by atoms with Gasteiger partial charge in [-0.3, -0.25) is 9.55 Å². The lowest BCUT2D eigenvalue weighted by atomic mass is 10.2. The van der Waals surface area contributed by atoms with Crippen molar-refractivity contribution in [2.24, 2.45) is 0 Å². The summed E-state index contributed by atoms with van der Waals surface area (Å²) in [6.07, 6.45) is 3.32. The molecule has 0 unspecified atom stereocenters. The number of hydrogen-bond acceptors (Lipinski definition) is 3. The predicted octanol–water partition coefficient (Wildman–Crippen LogP) is 3.43. The minimum atomic E-state index is -0.498. The van der Waals surface area contributed by atoms with Gasteiger partial charge in [0.25, 0.3) is 0 Å². The molecule has 0 atom stereocenters. The minimum absolute atomic E-state index is 0.0627. The molecule has 0 aliphatic carbocycles. The van der Waals surface area contributed by atoms with Gasteiger partial charge >= 0.3 is 0 Å². The van der Waals surface area contributed by atoms with Gasteiger partial charge in [-0.25, -0.2) is 4.39 Å². The van der Waals surface area contributed by atoms with Gasteiger partial charge in [0.05, 0.1) is 10.7 Å². The lowest BCUT2D eigenvalue weighted by Gasteiger charge is -2.10. The Bertz CT molecular complexity index is 755. The Hall–Kier alpha value is -2.27. The van der Waals surface area contributed by atoms with E-state index in [-0.39, 0.29) is 5.02 Å². The van der Waals surface area contributed by atoms with Crippen molar-refractivity contribution in [2.75, 3.05) is 0 Å². The van der Waals surface area contributed by atoms with E-state index in [1.165, 1.54) is 6.07 Å². The SMILES string of the molecule is Cc1nnc(-c2cccnc2)n1-c1cccc(Cl)c1F. The number of benzene rings is 1. The molecule has 1 aromatic carbocycles. The maximum absolute atomic E-state index is 14.2. The quantitative estimate of drug-likeness (QED) is 0.725. The zero-order valence-corrected chi connectivity index (χ0v) is 11.3. The van der Waals surface area contributed by atoms with Crippen LogP contribution in [0.3, 0.4) is 0 Å². The summed E-state index contributed by atoms with van der Waals surface area (Å²) >= 11 is 5.84. The van der Waals surface area contributed by atoms with Crippen LogP contribution >= 0.6 is 11.6 Å². The van der Waals surface area contributed by atoms with Crippen LogP contribution in [0.4, 0.5) is 4.39 Å². The van der Waals surface area contributed by atoms with Crippen LogP contribution < -0.4 is 0 Å². The number of hydrogen-bond donors (Lipinski definition) is 0. The summed E-state index contributed by atoms with van der Waals surface area (Å²) in [5.41, 5.74) is 1.08. The molecule has 0 spiro atoms. The van der Waals surface area contributed by atoms with Crippen molar-refractivity contribution in [1.29, 1.82) is 0 Å². The Labute approximate surface area is 119 Å². The normalized spacial score (nSPS) is 10.8. The average Bonchev–Trinajstić information content (AvgIpc) is 2.85. The molecular formula is C14H10ClFN4. The Morgan fingerprint density at radius 1 is 1.15 bits per heavy atom. The van der Waals surface area contributed by atoms with Crippen LogP contribution in [0, 0.1) is 12.7 Å². The molecule has 0 bridgehead atoms. The van der Waals surface area contributed by atoms with Gasteiger partial charge in [0, 0.05) is 18.0 Å². The fourth-order valence-corrected chi connectivity index (χ4v) is 2.17. The van der Waals surface area contributed by atoms with Gasteiger partial charge < -0.3 is 0 Å². The molecule has 2 aromatic heterocycles. The third-order valence-electron chi connectivity index (χ3n) is 2.92. The number of halogens is 2. The maximum atomic E-state index is 14.2. The van der Waals surface area contributed by atoms with Crippen molar-refractivity contribution >= 4 is 11.6 Å². The van der Waals surface area contributed by atoms with E-state index in [1.54, 1.807) is 42.1 Å². The summed E-state index contributed by atoms with van der Waals surface area (Å²) in [5.74, 6) is 0.601. The highest BCUT2D eigenvalue weighted by Crippen LogP contribution is 2.26. The first-order valence-corrected chi connectivity index (χ1v) is 6.33. The van der Waals surface area contributed by atoms with E-state index in [2.05, 4.69) is 15.2 Å². The first-order valence-electron chi connectivity index (χ1n) is 5.95. The van der Waals surface area contributed by atoms with Crippen molar-refractivity contribution in [2.45, 2.75) is 6.92 Å². The monoisotopic (exact) mass is 288 g/mol. The Morgan fingerprint density at radius 3 is 2.75 bits per heavy atom. The molecule has 0 fully saturated rings. The van der Waals surface area contributed by atoms with Crippen molar-refractivity contribution in [3.05, 3.63) is 59.4 Å². The molecule has 0 saturated heterocycles. The second-order valence-corrected chi connectivity index (χ2v) is 4.63. The van der Waals surface area contributed by atoms with Crippen LogP contribution in [-0.2, 0) is 0 Å². The molecule has 0 amide bonds. The molecule has 6 heteroatoms. The van der Waals surface area contributed by atoms with Crippen LogP contribution in [0.2, 0.25) is 5.02 Å². The van der Waals surface area contributed by atoms with Gasteiger partial charge in [-0.1, -0.05) is 17.7 Å². The minimum Gasteiger partial charge on any atom is -0.276 e.